The van der Waals surface area contributed by atoms with Crippen LogP contribution in [0.25, 0.3) is 0 Å². The van der Waals surface area contributed by atoms with Gasteiger partial charge >= 0.3 is 0 Å². The first-order chi connectivity index (χ1) is 9.15. The molecule has 0 aliphatic carbocycles. The Hall–Kier alpha value is -1.69. The van der Waals surface area contributed by atoms with Crippen LogP contribution in [0.3, 0.4) is 0 Å². The molecule has 0 saturated heterocycles. The highest BCUT2D eigenvalue weighted by molar-refractivity contribution is 7.11. The van der Waals surface area contributed by atoms with Crippen LogP contribution in [0.1, 0.15) is 22.0 Å². The molecule has 2 rings (SSSR count). The van der Waals surface area contributed by atoms with Gasteiger partial charge in [-0.25, -0.2) is 9.97 Å². The second-order valence-corrected chi connectivity index (χ2v) is 5.71. The number of amides is 1. The fourth-order valence-corrected chi connectivity index (χ4v) is 2.79. The third-order valence-corrected chi connectivity index (χ3v) is 3.87. The Morgan fingerprint density at radius 3 is 2.95 bits per heavy atom. The number of aromatic nitrogens is 3. The van der Waals surface area contributed by atoms with E-state index in [1.807, 2.05) is 24.6 Å². The molecule has 19 heavy (non-hydrogen) atoms. The zero-order valence-electron chi connectivity index (χ0n) is 11.2. The molecule has 0 spiro atoms. The number of aryl methyl sites for hydroxylation is 3. The summed E-state index contributed by atoms with van der Waals surface area (Å²) in [6.45, 7) is 5.47. The molecule has 6 heteroatoms. The minimum Gasteiger partial charge on any atom is -0.356 e. The van der Waals surface area contributed by atoms with Crippen LogP contribution in [0.2, 0.25) is 0 Å². The summed E-state index contributed by atoms with van der Waals surface area (Å²) < 4.78 is 2.00. The van der Waals surface area contributed by atoms with Gasteiger partial charge < -0.3 is 9.88 Å². The Bertz CT molecular complexity index is 533. The van der Waals surface area contributed by atoms with E-state index >= 15 is 0 Å². The van der Waals surface area contributed by atoms with Crippen LogP contribution in [0, 0.1) is 13.8 Å². The first kappa shape index (κ1) is 13.7. The molecule has 0 aromatic carbocycles. The molecule has 0 aliphatic heterocycles. The Kier molecular flexibility index (Phi) is 4.68. The number of hydrogen-bond donors (Lipinski definition) is 1. The van der Waals surface area contributed by atoms with Gasteiger partial charge in [0.05, 0.1) is 23.4 Å². The third kappa shape index (κ3) is 4.17. The lowest BCUT2D eigenvalue weighted by Crippen LogP contribution is -2.26. The van der Waals surface area contributed by atoms with Gasteiger partial charge in [0.25, 0.3) is 0 Å². The topological polar surface area (TPSA) is 59.8 Å². The normalized spacial score (nSPS) is 10.6. The zero-order valence-corrected chi connectivity index (χ0v) is 12.0. The first-order valence-corrected chi connectivity index (χ1v) is 7.12. The molecule has 1 N–H and O–H groups in total. The third-order valence-electron chi connectivity index (χ3n) is 2.80. The maximum Gasteiger partial charge on any atom is 0.225 e. The van der Waals surface area contributed by atoms with Gasteiger partial charge in [0, 0.05) is 30.4 Å². The van der Waals surface area contributed by atoms with Crippen molar-refractivity contribution in [2.75, 3.05) is 6.54 Å². The summed E-state index contributed by atoms with van der Waals surface area (Å²) in [6.07, 6.45) is 6.80. The van der Waals surface area contributed by atoms with Crippen LogP contribution in [-0.4, -0.2) is 27.0 Å². The fourth-order valence-electron chi connectivity index (χ4n) is 1.85. The predicted octanol–water partition coefficient (Wildman–Crippen LogP) is 1.71. The summed E-state index contributed by atoms with van der Waals surface area (Å²) in [6, 6.07) is 0. The summed E-state index contributed by atoms with van der Waals surface area (Å²) in [5, 5.41) is 3.95. The Balaban J connectivity index is 1.68. The molecule has 0 aliphatic rings. The molecule has 0 fully saturated rings. The second-order valence-electron chi connectivity index (χ2n) is 4.42. The summed E-state index contributed by atoms with van der Waals surface area (Å²) in [7, 11) is 0. The fraction of sp³-hybridized carbons (Fsp3) is 0.462. The van der Waals surface area contributed by atoms with Crippen molar-refractivity contribution >= 4 is 17.2 Å². The highest BCUT2D eigenvalue weighted by Gasteiger charge is 2.09. The molecule has 5 nitrogen and oxygen atoms in total. The van der Waals surface area contributed by atoms with Crippen molar-refractivity contribution in [3.05, 3.63) is 34.3 Å². The number of hydrogen-bond acceptors (Lipinski definition) is 4. The average Bonchev–Trinajstić information content (AvgIpc) is 2.96. The minimum atomic E-state index is 0.0670. The van der Waals surface area contributed by atoms with Gasteiger partial charge in [-0.2, -0.15) is 0 Å². The van der Waals surface area contributed by atoms with E-state index in [9.17, 15) is 4.79 Å². The maximum absolute atomic E-state index is 11.8. The van der Waals surface area contributed by atoms with Gasteiger partial charge in [-0.15, -0.1) is 11.3 Å². The minimum absolute atomic E-state index is 0.0670. The van der Waals surface area contributed by atoms with Gasteiger partial charge in [0.1, 0.15) is 0 Å². The van der Waals surface area contributed by atoms with Gasteiger partial charge in [0.15, 0.2) is 0 Å². The smallest absolute Gasteiger partial charge is 0.225 e. The molecule has 0 radical (unpaired) electrons. The van der Waals surface area contributed by atoms with Gasteiger partial charge in [-0.05, 0) is 20.3 Å². The standard InChI is InChI=1S/C13H18N4OS/c1-10-12(19-11(2)16-10)8-13(18)15-4-3-6-17-7-5-14-9-17/h5,7,9H,3-4,6,8H2,1-2H3,(H,15,18). The van der Waals surface area contributed by atoms with E-state index in [1.165, 1.54) is 0 Å². The van der Waals surface area contributed by atoms with E-state index in [1.54, 1.807) is 23.9 Å². The van der Waals surface area contributed by atoms with E-state index in [-0.39, 0.29) is 5.91 Å². The molecule has 2 aromatic rings. The maximum atomic E-state index is 11.8. The first-order valence-electron chi connectivity index (χ1n) is 6.30. The highest BCUT2D eigenvalue weighted by atomic mass is 32.1. The Morgan fingerprint density at radius 1 is 1.47 bits per heavy atom. The average molecular weight is 278 g/mol. The molecule has 1 amide bonds. The van der Waals surface area contributed by atoms with Crippen molar-refractivity contribution in [2.45, 2.75) is 33.2 Å². The lowest BCUT2D eigenvalue weighted by molar-refractivity contribution is -0.120. The number of rotatable bonds is 6. The predicted molar refractivity (Wildman–Crippen MR) is 75.1 cm³/mol. The largest absolute Gasteiger partial charge is 0.356 e. The summed E-state index contributed by atoms with van der Waals surface area (Å²) in [5.41, 5.74) is 0.969. The highest BCUT2D eigenvalue weighted by Crippen LogP contribution is 2.17. The number of nitrogens with zero attached hydrogens (tertiary/aromatic N) is 3. The van der Waals surface area contributed by atoms with Crippen LogP contribution < -0.4 is 5.32 Å². The lowest BCUT2D eigenvalue weighted by Gasteiger charge is -2.05. The van der Waals surface area contributed by atoms with E-state index in [0.717, 1.165) is 28.5 Å². The lowest BCUT2D eigenvalue weighted by atomic mass is 10.3. The van der Waals surface area contributed by atoms with Crippen molar-refractivity contribution in [1.29, 1.82) is 0 Å². The quantitative estimate of drug-likeness (QED) is 0.818. The number of nitrogens with one attached hydrogen (secondary N) is 1. The summed E-state index contributed by atoms with van der Waals surface area (Å²) in [4.78, 5) is 21.1. The van der Waals surface area contributed by atoms with Crippen molar-refractivity contribution in [1.82, 2.24) is 19.9 Å². The molecule has 0 atom stereocenters. The molecule has 0 saturated carbocycles. The molecular weight excluding hydrogens is 260 g/mol. The van der Waals surface area contributed by atoms with Gasteiger partial charge in [0.2, 0.25) is 5.91 Å². The van der Waals surface area contributed by atoms with Crippen LogP contribution in [0.5, 0.6) is 0 Å². The van der Waals surface area contributed by atoms with E-state index < -0.39 is 0 Å². The number of imidazole rings is 1. The van der Waals surface area contributed by atoms with Crippen LogP contribution in [0.4, 0.5) is 0 Å². The molecule has 0 bridgehead atoms. The van der Waals surface area contributed by atoms with Crippen molar-refractivity contribution in [3.8, 4) is 0 Å². The van der Waals surface area contributed by atoms with Crippen molar-refractivity contribution < 1.29 is 4.79 Å². The van der Waals surface area contributed by atoms with Crippen molar-refractivity contribution in [2.24, 2.45) is 0 Å². The van der Waals surface area contributed by atoms with Crippen molar-refractivity contribution in [3.63, 3.8) is 0 Å². The summed E-state index contributed by atoms with van der Waals surface area (Å²) >= 11 is 1.60. The van der Waals surface area contributed by atoms with E-state index in [0.29, 0.717) is 13.0 Å². The van der Waals surface area contributed by atoms with Crippen LogP contribution in [-0.2, 0) is 17.8 Å². The van der Waals surface area contributed by atoms with Gasteiger partial charge in [-0.1, -0.05) is 0 Å². The molecule has 2 aromatic heterocycles. The van der Waals surface area contributed by atoms with E-state index in [2.05, 4.69) is 15.3 Å². The molecular formula is C13H18N4OS. The second kappa shape index (κ2) is 6.47. The zero-order chi connectivity index (χ0) is 13.7. The SMILES string of the molecule is Cc1nc(C)c(CC(=O)NCCCn2ccnc2)s1. The number of carbonyl (C=O) groups is 1. The van der Waals surface area contributed by atoms with E-state index in [4.69, 9.17) is 0 Å². The van der Waals surface area contributed by atoms with Crippen LogP contribution >= 0.6 is 11.3 Å². The number of thiazole rings is 1. The molecule has 102 valence electrons. The molecule has 2 heterocycles. The Morgan fingerprint density at radius 2 is 2.32 bits per heavy atom. The van der Waals surface area contributed by atoms with Gasteiger partial charge in [-0.3, -0.25) is 4.79 Å². The Labute approximate surface area is 116 Å². The molecule has 0 unspecified atom stereocenters. The number of carbonyl (C=O) groups excluding carboxylic acids is 1. The van der Waals surface area contributed by atoms with Crippen LogP contribution in [0.15, 0.2) is 18.7 Å². The monoisotopic (exact) mass is 278 g/mol. The summed E-state index contributed by atoms with van der Waals surface area (Å²) in [5.74, 6) is 0.0670.